The van der Waals surface area contributed by atoms with Crippen molar-refractivity contribution in [3.8, 4) is 11.4 Å². The minimum Gasteiger partial charge on any atom is -0.465 e. The van der Waals surface area contributed by atoms with E-state index < -0.39 is 5.97 Å². The van der Waals surface area contributed by atoms with Gasteiger partial charge in [-0.25, -0.2) is 19.7 Å². The number of nitrogens with one attached hydrogen (secondary N) is 1. The maximum Gasteiger partial charge on any atom is 0.341 e. The molecule has 0 fully saturated rings. The van der Waals surface area contributed by atoms with Crippen molar-refractivity contribution in [3.63, 3.8) is 0 Å². The Morgan fingerprint density at radius 3 is 2.66 bits per heavy atom. The number of methoxy groups -OCH3 is 1. The molecule has 4 aromatic rings. The first-order valence-corrected chi connectivity index (χ1v) is 9.28. The van der Waals surface area contributed by atoms with Crippen molar-refractivity contribution in [3.05, 3.63) is 77.7 Å². The molecular weight excluding hydrogens is 366 g/mol. The molecule has 0 saturated heterocycles. The monoisotopic (exact) mass is 387 g/mol. The van der Waals surface area contributed by atoms with Gasteiger partial charge in [-0.1, -0.05) is 36.4 Å². The van der Waals surface area contributed by atoms with Crippen molar-refractivity contribution < 1.29 is 9.53 Å². The number of carbonyl (C=O) groups is 1. The molecule has 0 saturated carbocycles. The summed E-state index contributed by atoms with van der Waals surface area (Å²) in [6.45, 7) is 4.02. The molecule has 7 heteroatoms. The highest BCUT2D eigenvalue weighted by molar-refractivity contribution is 5.95. The van der Waals surface area contributed by atoms with Crippen LogP contribution in [0.25, 0.3) is 17.0 Å². The van der Waals surface area contributed by atoms with Crippen LogP contribution in [-0.4, -0.2) is 32.4 Å². The number of hydrogen-bond donors (Lipinski definition) is 1. The van der Waals surface area contributed by atoms with Gasteiger partial charge in [0.15, 0.2) is 0 Å². The number of esters is 1. The maximum absolute atomic E-state index is 12.3. The lowest BCUT2D eigenvalue weighted by atomic mass is 10.1. The number of anilines is 1. The predicted octanol–water partition coefficient (Wildman–Crippen LogP) is 4.06. The van der Waals surface area contributed by atoms with Crippen LogP contribution in [0.5, 0.6) is 0 Å². The molecule has 0 amide bonds. The standard InChI is InChI=1S/C22H21N5O2/c1-14-8-7-11-27-18(13-23-20(14)27)19-17(21(28)29-3)12-24-22(26-19)25-15(2)16-9-5-4-6-10-16/h4-13,15H,1-3H3,(H,24,25,26)/t15-/m0/s1. The van der Waals surface area contributed by atoms with Gasteiger partial charge in [0, 0.05) is 12.4 Å². The van der Waals surface area contributed by atoms with E-state index in [-0.39, 0.29) is 11.6 Å². The van der Waals surface area contributed by atoms with Crippen LogP contribution in [0.2, 0.25) is 0 Å². The molecule has 1 atom stereocenters. The highest BCUT2D eigenvalue weighted by atomic mass is 16.5. The fourth-order valence-electron chi connectivity index (χ4n) is 3.25. The Bertz CT molecular complexity index is 1170. The van der Waals surface area contributed by atoms with E-state index >= 15 is 0 Å². The number of aryl methyl sites for hydroxylation is 1. The zero-order valence-corrected chi connectivity index (χ0v) is 16.5. The molecule has 3 aromatic heterocycles. The Hall–Kier alpha value is -3.74. The molecule has 4 rings (SSSR count). The topological polar surface area (TPSA) is 81.4 Å². The smallest absolute Gasteiger partial charge is 0.341 e. The Morgan fingerprint density at radius 1 is 1.10 bits per heavy atom. The van der Waals surface area contributed by atoms with Gasteiger partial charge in [-0.15, -0.1) is 0 Å². The Labute approximate surface area is 168 Å². The second-order valence-electron chi connectivity index (χ2n) is 6.75. The molecule has 7 nitrogen and oxygen atoms in total. The maximum atomic E-state index is 12.3. The minimum absolute atomic E-state index is 0.00236. The fourth-order valence-corrected chi connectivity index (χ4v) is 3.25. The Morgan fingerprint density at radius 2 is 1.90 bits per heavy atom. The van der Waals surface area contributed by atoms with Gasteiger partial charge in [0.1, 0.15) is 16.9 Å². The molecule has 3 heterocycles. The summed E-state index contributed by atoms with van der Waals surface area (Å²) in [5.41, 5.74) is 4.40. The molecule has 0 aliphatic carbocycles. The van der Waals surface area contributed by atoms with E-state index in [2.05, 4.69) is 20.3 Å². The van der Waals surface area contributed by atoms with Gasteiger partial charge in [0.25, 0.3) is 0 Å². The summed E-state index contributed by atoms with van der Waals surface area (Å²) in [6.07, 6.45) is 5.10. The van der Waals surface area contributed by atoms with E-state index in [0.717, 1.165) is 16.8 Å². The van der Waals surface area contributed by atoms with Crippen LogP contribution in [0.4, 0.5) is 5.95 Å². The highest BCUT2D eigenvalue weighted by Gasteiger charge is 2.20. The summed E-state index contributed by atoms with van der Waals surface area (Å²) < 4.78 is 6.84. The van der Waals surface area contributed by atoms with Crippen molar-refractivity contribution in [2.24, 2.45) is 0 Å². The number of hydrogen-bond acceptors (Lipinski definition) is 6. The van der Waals surface area contributed by atoms with Gasteiger partial charge >= 0.3 is 5.97 Å². The van der Waals surface area contributed by atoms with Gasteiger partial charge in [-0.2, -0.15) is 0 Å². The van der Waals surface area contributed by atoms with E-state index in [9.17, 15) is 4.79 Å². The number of fused-ring (bicyclic) bond motifs is 1. The number of imidazole rings is 1. The molecule has 1 N–H and O–H groups in total. The summed E-state index contributed by atoms with van der Waals surface area (Å²) in [5.74, 6) is -0.0723. The largest absolute Gasteiger partial charge is 0.465 e. The molecule has 0 spiro atoms. The molecule has 146 valence electrons. The van der Waals surface area contributed by atoms with Crippen LogP contribution in [-0.2, 0) is 4.74 Å². The van der Waals surface area contributed by atoms with Crippen LogP contribution < -0.4 is 5.32 Å². The second kappa shape index (κ2) is 7.71. The summed E-state index contributed by atoms with van der Waals surface area (Å²) in [5, 5.41) is 3.30. The number of benzene rings is 1. The van der Waals surface area contributed by atoms with E-state index in [0.29, 0.717) is 17.3 Å². The van der Waals surface area contributed by atoms with E-state index in [1.165, 1.54) is 13.3 Å². The molecule has 0 aliphatic rings. The van der Waals surface area contributed by atoms with Crippen molar-refractivity contribution in [1.29, 1.82) is 0 Å². The number of carbonyl (C=O) groups excluding carboxylic acids is 1. The summed E-state index contributed by atoms with van der Waals surface area (Å²) >= 11 is 0. The van der Waals surface area contributed by atoms with Gasteiger partial charge in [-0.3, -0.25) is 4.40 Å². The van der Waals surface area contributed by atoms with Crippen LogP contribution >= 0.6 is 0 Å². The summed E-state index contributed by atoms with van der Waals surface area (Å²) in [6, 6.07) is 13.9. The lowest BCUT2D eigenvalue weighted by Gasteiger charge is -2.15. The second-order valence-corrected chi connectivity index (χ2v) is 6.75. The SMILES string of the molecule is COC(=O)c1cnc(N[C@@H](C)c2ccccc2)nc1-c1cnc2c(C)cccn12. The lowest BCUT2D eigenvalue weighted by Crippen LogP contribution is -2.13. The van der Waals surface area contributed by atoms with Crippen molar-refractivity contribution in [1.82, 2.24) is 19.4 Å². The Balaban J connectivity index is 1.79. The number of aromatic nitrogens is 4. The van der Waals surface area contributed by atoms with Crippen LogP contribution in [0.15, 0.2) is 61.1 Å². The molecule has 0 aliphatic heterocycles. The average Bonchev–Trinajstić information content (AvgIpc) is 3.19. The third kappa shape index (κ3) is 3.54. The van der Waals surface area contributed by atoms with Gasteiger partial charge in [0.05, 0.1) is 25.0 Å². The average molecular weight is 387 g/mol. The summed E-state index contributed by atoms with van der Waals surface area (Å²) in [7, 11) is 1.34. The van der Waals surface area contributed by atoms with E-state index in [1.54, 1.807) is 6.20 Å². The zero-order chi connectivity index (χ0) is 20.4. The number of nitrogens with zero attached hydrogens (tertiary/aromatic N) is 4. The molecule has 0 radical (unpaired) electrons. The minimum atomic E-state index is -0.495. The molecule has 29 heavy (non-hydrogen) atoms. The lowest BCUT2D eigenvalue weighted by molar-refractivity contribution is 0.0600. The number of pyridine rings is 1. The van der Waals surface area contributed by atoms with E-state index in [1.807, 2.05) is 66.9 Å². The molecule has 0 unspecified atom stereocenters. The Kier molecular flexibility index (Phi) is 4.95. The van der Waals surface area contributed by atoms with Crippen molar-refractivity contribution in [2.45, 2.75) is 19.9 Å². The van der Waals surface area contributed by atoms with Gasteiger partial charge in [-0.05, 0) is 31.0 Å². The normalized spacial score (nSPS) is 12.0. The number of rotatable bonds is 5. The third-order valence-electron chi connectivity index (χ3n) is 4.81. The number of ether oxygens (including phenoxy) is 1. The first-order chi connectivity index (χ1) is 14.1. The first-order valence-electron chi connectivity index (χ1n) is 9.28. The summed E-state index contributed by atoms with van der Waals surface area (Å²) in [4.78, 5) is 25.8. The predicted molar refractivity (Wildman–Crippen MR) is 111 cm³/mol. The van der Waals surface area contributed by atoms with Crippen LogP contribution in [0.1, 0.15) is 34.5 Å². The quantitative estimate of drug-likeness (QED) is 0.520. The van der Waals surface area contributed by atoms with Crippen molar-refractivity contribution >= 4 is 17.6 Å². The molecule has 1 aromatic carbocycles. The van der Waals surface area contributed by atoms with Crippen LogP contribution in [0.3, 0.4) is 0 Å². The third-order valence-corrected chi connectivity index (χ3v) is 4.81. The van der Waals surface area contributed by atoms with E-state index in [4.69, 9.17) is 4.74 Å². The van der Waals surface area contributed by atoms with Gasteiger partial charge in [0.2, 0.25) is 5.95 Å². The fraction of sp³-hybridized carbons (Fsp3) is 0.182. The van der Waals surface area contributed by atoms with Gasteiger partial charge < -0.3 is 10.1 Å². The highest BCUT2D eigenvalue weighted by Crippen LogP contribution is 2.26. The molecule has 0 bridgehead atoms. The van der Waals surface area contributed by atoms with Crippen LogP contribution in [0, 0.1) is 6.92 Å². The molecular formula is C22H21N5O2. The van der Waals surface area contributed by atoms with Crippen molar-refractivity contribution in [2.75, 3.05) is 12.4 Å². The first kappa shape index (κ1) is 18.6. The zero-order valence-electron chi connectivity index (χ0n) is 16.5.